The summed E-state index contributed by atoms with van der Waals surface area (Å²) in [5.41, 5.74) is 7.16. The van der Waals surface area contributed by atoms with Crippen LogP contribution in [0.2, 0.25) is 0 Å². The molecule has 0 N–H and O–H groups in total. The summed E-state index contributed by atoms with van der Waals surface area (Å²) in [6.07, 6.45) is 12.7. The van der Waals surface area contributed by atoms with Crippen molar-refractivity contribution in [2.75, 3.05) is 0 Å². The van der Waals surface area contributed by atoms with Crippen molar-refractivity contribution in [3.8, 4) is 22.6 Å². The van der Waals surface area contributed by atoms with Crippen LogP contribution in [0.4, 0.5) is 0 Å². The number of hydrogen-bond donors (Lipinski definition) is 0. The zero-order valence-electron chi connectivity index (χ0n) is 15.7. The molecule has 2 aliphatic rings. The third-order valence-electron chi connectivity index (χ3n) is 6.47. The fourth-order valence-corrected chi connectivity index (χ4v) is 5.19. The summed E-state index contributed by atoms with van der Waals surface area (Å²) >= 11 is 0. The molecule has 0 amide bonds. The molecule has 2 aliphatic carbocycles. The Balaban J connectivity index is 1.65. The highest BCUT2D eigenvalue weighted by atomic mass is 15.3. The van der Waals surface area contributed by atoms with Gasteiger partial charge < -0.3 is 0 Å². The lowest BCUT2D eigenvalue weighted by molar-refractivity contribution is 0.288. The van der Waals surface area contributed by atoms with Crippen LogP contribution in [-0.4, -0.2) is 24.6 Å². The molecule has 28 heavy (non-hydrogen) atoms. The Morgan fingerprint density at radius 1 is 0.929 bits per heavy atom. The van der Waals surface area contributed by atoms with E-state index in [2.05, 4.69) is 29.2 Å². The molecule has 1 spiro atoms. The quantitative estimate of drug-likeness (QED) is 0.493. The first-order valence-corrected chi connectivity index (χ1v) is 10.1. The van der Waals surface area contributed by atoms with Gasteiger partial charge in [0.05, 0.1) is 5.69 Å². The lowest BCUT2D eigenvalue weighted by Crippen LogP contribution is -2.36. The molecule has 0 atom stereocenters. The molecule has 0 unspecified atom stereocenters. The summed E-state index contributed by atoms with van der Waals surface area (Å²) in [6.45, 7) is 0. The number of aromatic nitrogens is 5. The molecular weight excluding hydrogens is 346 g/mol. The van der Waals surface area contributed by atoms with E-state index in [1.165, 1.54) is 48.8 Å². The van der Waals surface area contributed by atoms with Gasteiger partial charge in [0.1, 0.15) is 6.33 Å². The molecule has 1 aromatic carbocycles. The van der Waals surface area contributed by atoms with Gasteiger partial charge in [-0.25, -0.2) is 14.5 Å². The van der Waals surface area contributed by atoms with E-state index in [9.17, 15) is 0 Å². The van der Waals surface area contributed by atoms with Gasteiger partial charge >= 0.3 is 0 Å². The van der Waals surface area contributed by atoms with Crippen molar-refractivity contribution >= 4 is 5.65 Å². The summed E-state index contributed by atoms with van der Waals surface area (Å²) in [4.78, 5) is 14.0. The zero-order valence-corrected chi connectivity index (χ0v) is 15.7. The van der Waals surface area contributed by atoms with E-state index in [4.69, 9.17) is 15.1 Å². The standard InChI is InChI=1S/C23H21N5/c1-4-10-23(11-5-1)14-17-6-2-3-7-18(17)20-19(23)22-26-21(27-28(22)15-25-20)16-8-12-24-13-9-16/h2-3,6-9,12-13,15H,1,4-5,10-11,14H2. The third-order valence-corrected chi connectivity index (χ3v) is 6.47. The third kappa shape index (κ3) is 2.25. The Morgan fingerprint density at radius 2 is 1.75 bits per heavy atom. The predicted octanol–water partition coefficient (Wildman–Crippen LogP) is 4.61. The summed E-state index contributed by atoms with van der Waals surface area (Å²) in [7, 11) is 0. The summed E-state index contributed by atoms with van der Waals surface area (Å²) in [5, 5.41) is 4.74. The van der Waals surface area contributed by atoms with E-state index in [0.29, 0.717) is 0 Å². The second-order valence-corrected chi connectivity index (χ2v) is 8.08. The van der Waals surface area contributed by atoms with Gasteiger partial charge in [-0.1, -0.05) is 43.5 Å². The van der Waals surface area contributed by atoms with E-state index in [-0.39, 0.29) is 5.41 Å². The molecule has 4 aromatic rings. The van der Waals surface area contributed by atoms with Gasteiger partial charge in [0.25, 0.3) is 0 Å². The smallest absolute Gasteiger partial charge is 0.182 e. The summed E-state index contributed by atoms with van der Waals surface area (Å²) in [6, 6.07) is 12.7. The molecule has 5 heteroatoms. The second-order valence-electron chi connectivity index (χ2n) is 8.08. The highest BCUT2D eigenvalue weighted by molar-refractivity contribution is 5.78. The molecule has 3 aromatic heterocycles. The summed E-state index contributed by atoms with van der Waals surface area (Å²) in [5.74, 6) is 0.738. The average molecular weight is 367 g/mol. The van der Waals surface area contributed by atoms with Gasteiger partial charge in [-0.2, -0.15) is 0 Å². The van der Waals surface area contributed by atoms with Crippen molar-refractivity contribution in [2.45, 2.75) is 43.9 Å². The van der Waals surface area contributed by atoms with Crippen molar-refractivity contribution in [2.24, 2.45) is 0 Å². The van der Waals surface area contributed by atoms with E-state index in [0.717, 1.165) is 29.1 Å². The molecule has 5 nitrogen and oxygen atoms in total. The fourth-order valence-electron chi connectivity index (χ4n) is 5.19. The maximum atomic E-state index is 5.00. The van der Waals surface area contributed by atoms with E-state index < -0.39 is 0 Å². The Hall–Kier alpha value is -3.08. The number of benzene rings is 1. The van der Waals surface area contributed by atoms with Crippen LogP contribution >= 0.6 is 0 Å². The van der Waals surface area contributed by atoms with Crippen molar-refractivity contribution in [1.82, 2.24) is 24.6 Å². The first-order chi connectivity index (χ1) is 13.8. The van der Waals surface area contributed by atoms with Gasteiger partial charge in [0.2, 0.25) is 0 Å². The second kappa shape index (κ2) is 5.96. The normalized spacial score (nSPS) is 17.4. The average Bonchev–Trinajstić information content (AvgIpc) is 3.19. The topological polar surface area (TPSA) is 56.0 Å². The van der Waals surface area contributed by atoms with Crippen molar-refractivity contribution < 1.29 is 0 Å². The molecule has 0 saturated heterocycles. The van der Waals surface area contributed by atoms with E-state index >= 15 is 0 Å². The maximum absolute atomic E-state index is 5.00. The van der Waals surface area contributed by atoms with Crippen LogP contribution < -0.4 is 0 Å². The van der Waals surface area contributed by atoms with Crippen LogP contribution in [-0.2, 0) is 11.8 Å². The van der Waals surface area contributed by atoms with Crippen LogP contribution in [0, 0.1) is 0 Å². The van der Waals surface area contributed by atoms with Gasteiger partial charge in [0, 0.05) is 34.5 Å². The van der Waals surface area contributed by atoms with Crippen LogP contribution in [0.1, 0.15) is 43.2 Å². The Labute approximate surface area is 163 Å². The fraction of sp³-hybridized carbons (Fsp3) is 0.304. The highest BCUT2D eigenvalue weighted by Gasteiger charge is 2.42. The van der Waals surface area contributed by atoms with E-state index in [1.807, 2.05) is 23.0 Å². The molecule has 1 saturated carbocycles. The molecule has 3 heterocycles. The Morgan fingerprint density at radius 3 is 2.61 bits per heavy atom. The largest absolute Gasteiger partial charge is 0.265 e. The zero-order chi connectivity index (χ0) is 18.6. The lowest BCUT2D eigenvalue weighted by atomic mass is 9.62. The van der Waals surface area contributed by atoms with Crippen molar-refractivity contribution in [3.63, 3.8) is 0 Å². The Kier molecular flexibility index (Phi) is 3.39. The first-order valence-electron chi connectivity index (χ1n) is 10.1. The van der Waals surface area contributed by atoms with E-state index in [1.54, 1.807) is 12.4 Å². The number of hydrogen-bond acceptors (Lipinski definition) is 4. The van der Waals surface area contributed by atoms with Crippen LogP contribution in [0.3, 0.4) is 0 Å². The highest BCUT2D eigenvalue weighted by Crippen LogP contribution is 2.50. The van der Waals surface area contributed by atoms with Crippen LogP contribution in [0.25, 0.3) is 28.3 Å². The van der Waals surface area contributed by atoms with Gasteiger partial charge in [-0.15, -0.1) is 5.10 Å². The SMILES string of the molecule is c1ccc2c(c1)CC1(CCCCC1)c1c-2ncn2nc(-c3ccncc3)nc12. The Bertz CT molecular complexity index is 1170. The van der Waals surface area contributed by atoms with Crippen molar-refractivity contribution in [1.29, 1.82) is 0 Å². The van der Waals surface area contributed by atoms with Gasteiger partial charge in [-0.05, 0) is 37.0 Å². The summed E-state index contributed by atoms with van der Waals surface area (Å²) < 4.78 is 1.87. The van der Waals surface area contributed by atoms with Crippen molar-refractivity contribution in [3.05, 3.63) is 66.2 Å². The number of rotatable bonds is 1. The van der Waals surface area contributed by atoms with Crippen LogP contribution in [0.15, 0.2) is 55.1 Å². The minimum Gasteiger partial charge on any atom is -0.265 e. The number of fused-ring (bicyclic) bond motifs is 6. The molecule has 0 bridgehead atoms. The molecule has 0 radical (unpaired) electrons. The van der Waals surface area contributed by atoms with Crippen LogP contribution in [0.5, 0.6) is 0 Å². The minimum absolute atomic E-state index is 0.125. The molecule has 1 fully saturated rings. The number of nitrogens with zero attached hydrogens (tertiary/aromatic N) is 5. The van der Waals surface area contributed by atoms with Gasteiger partial charge in [0.15, 0.2) is 11.5 Å². The predicted molar refractivity (Wildman–Crippen MR) is 108 cm³/mol. The number of pyridine rings is 1. The molecule has 0 aliphatic heterocycles. The minimum atomic E-state index is 0.125. The molecular formula is C23H21N5. The van der Waals surface area contributed by atoms with Gasteiger partial charge in [-0.3, -0.25) is 4.98 Å². The maximum Gasteiger partial charge on any atom is 0.182 e. The molecule has 138 valence electrons. The molecule has 6 rings (SSSR count). The lowest BCUT2D eigenvalue weighted by Gasteiger charge is -2.42. The first kappa shape index (κ1) is 15.9. The monoisotopic (exact) mass is 367 g/mol.